The molecule has 1 saturated heterocycles. The maximum absolute atomic E-state index is 5.36. The minimum Gasteiger partial charge on any atom is -0.375 e. The monoisotopic (exact) mass is 131 g/mol. The van der Waals surface area contributed by atoms with Gasteiger partial charge in [-0.15, -0.1) is 0 Å². The van der Waals surface area contributed by atoms with Crippen molar-refractivity contribution in [3.05, 3.63) is 0 Å². The molecular formula is C6H13NO2. The van der Waals surface area contributed by atoms with Crippen molar-refractivity contribution in [3.8, 4) is 0 Å². The smallest absolute Gasteiger partial charge is 0.115 e. The second-order valence-electron chi connectivity index (χ2n) is 2.42. The third-order valence-electron chi connectivity index (χ3n) is 1.76. The summed E-state index contributed by atoms with van der Waals surface area (Å²) in [6.07, 6.45) is 0.906. The standard InChI is InChI=1S/C6H13NO2/c1-8-6(2-3-7)4-9-5-6/h2-5,7H2,1H3. The quantitative estimate of drug-likeness (QED) is 0.574. The van der Waals surface area contributed by atoms with Crippen LogP contribution in [0.5, 0.6) is 0 Å². The molecule has 3 heteroatoms. The molecule has 1 fully saturated rings. The van der Waals surface area contributed by atoms with Crippen LogP contribution in [0.4, 0.5) is 0 Å². The van der Waals surface area contributed by atoms with Crippen LogP contribution in [0.25, 0.3) is 0 Å². The summed E-state index contributed by atoms with van der Waals surface area (Å²) >= 11 is 0. The van der Waals surface area contributed by atoms with E-state index in [0.29, 0.717) is 19.8 Å². The van der Waals surface area contributed by atoms with E-state index in [1.54, 1.807) is 7.11 Å². The Bertz CT molecular complexity index is 85.5. The Morgan fingerprint density at radius 2 is 2.33 bits per heavy atom. The highest BCUT2D eigenvalue weighted by atomic mass is 16.6. The molecule has 1 heterocycles. The van der Waals surface area contributed by atoms with Crippen LogP contribution >= 0.6 is 0 Å². The SMILES string of the molecule is COC1(CCN)COC1. The van der Waals surface area contributed by atoms with E-state index in [9.17, 15) is 0 Å². The average Bonchev–Trinajstić information content (AvgIpc) is 1.79. The Morgan fingerprint density at radius 3 is 2.44 bits per heavy atom. The Morgan fingerprint density at radius 1 is 1.67 bits per heavy atom. The molecule has 0 aromatic rings. The minimum atomic E-state index is -0.0330. The second kappa shape index (κ2) is 2.64. The fraction of sp³-hybridized carbons (Fsp3) is 1.00. The van der Waals surface area contributed by atoms with Crippen molar-refractivity contribution in [2.75, 3.05) is 26.9 Å². The fourth-order valence-corrected chi connectivity index (χ4v) is 0.957. The van der Waals surface area contributed by atoms with Crippen molar-refractivity contribution in [1.82, 2.24) is 0 Å². The van der Waals surface area contributed by atoms with Gasteiger partial charge in [-0.05, 0) is 13.0 Å². The highest BCUT2D eigenvalue weighted by Crippen LogP contribution is 2.23. The van der Waals surface area contributed by atoms with Gasteiger partial charge in [0.25, 0.3) is 0 Å². The lowest BCUT2D eigenvalue weighted by molar-refractivity contribution is -0.197. The third-order valence-corrected chi connectivity index (χ3v) is 1.76. The molecule has 1 aliphatic heterocycles. The Balaban J connectivity index is 2.28. The van der Waals surface area contributed by atoms with Crippen molar-refractivity contribution in [1.29, 1.82) is 0 Å². The topological polar surface area (TPSA) is 44.5 Å². The number of methoxy groups -OCH3 is 1. The molecule has 0 atom stereocenters. The van der Waals surface area contributed by atoms with Crippen LogP contribution in [0, 0.1) is 0 Å². The molecule has 0 bridgehead atoms. The molecule has 9 heavy (non-hydrogen) atoms. The molecule has 2 N–H and O–H groups in total. The summed E-state index contributed by atoms with van der Waals surface area (Å²) in [4.78, 5) is 0. The first-order chi connectivity index (χ1) is 4.33. The fourth-order valence-electron chi connectivity index (χ4n) is 0.957. The van der Waals surface area contributed by atoms with Crippen LogP contribution in [0.1, 0.15) is 6.42 Å². The largest absolute Gasteiger partial charge is 0.375 e. The molecular weight excluding hydrogens is 118 g/mol. The van der Waals surface area contributed by atoms with Crippen LogP contribution in [-0.4, -0.2) is 32.5 Å². The summed E-state index contributed by atoms with van der Waals surface area (Å²) in [5.74, 6) is 0. The summed E-state index contributed by atoms with van der Waals surface area (Å²) in [6.45, 7) is 2.10. The van der Waals surface area contributed by atoms with E-state index < -0.39 is 0 Å². The summed E-state index contributed by atoms with van der Waals surface area (Å²) in [7, 11) is 1.71. The van der Waals surface area contributed by atoms with Gasteiger partial charge < -0.3 is 15.2 Å². The van der Waals surface area contributed by atoms with E-state index in [1.807, 2.05) is 0 Å². The molecule has 0 aromatic heterocycles. The Kier molecular flexibility index (Phi) is 2.05. The molecule has 0 aromatic carbocycles. The molecule has 0 amide bonds. The van der Waals surface area contributed by atoms with Gasteiger partial charge in [-0.3, -0.25) is 0 Å². The summed E-state index contributed by atoms with van der Waals surface area (Å²) in [5, 5.41) is 0. The van der Waals surface area contributed by atoms with Crippen molar-refractivity contribution >= 4 is 0 Å². The molecule has 54 valence electrons. The van der Waals surface area contributed by atoms with Gasteiger partial charge in [-0.2, -0.15) is 0 Å². The van der Waals surface area contributed by atoms with Gasteiger partial charge in [0.15, 0.2) is 0 Å². The zero-order valence-electron chi connectivity index (χ0n) is 5.72. The normalized spacial score (nSPS) is 23.3. The van der Waals surface area contributed by atoms with Crippen LogP contribution < -0.4 is 5.73 Å². The molecule has 0 aliphatic carbocycles. The van der Waals surface area contributed by atoms with Gasteiger partial charge in [0.2, 0.25) is 0 Å². The lowest BCUT2D eigenvalue weighted by Gasteiger charge is -2.39. The van der Waals surface area contributed by atoms with E-state index in [-0.39, 0.29) is 5.60 Å². The predicted octanol–water partition coefficient (Wildman–Crippen LogP) is -0.249. The van der Waals surface area contributed by atoms with Crippen LogP contribution in [0.2, 0.25) is 0 Å². The highest BCUT2D eigenvalue weighted by molar-refractivity contribution is 4.87. The lowest BCUT2D eigenvalue weighted by Crippen LogP contribution is -2.52. The van der Waals surface area contributed by atoms with Crippen LogP contribution in [0.3, 0.4) is 0 Å². The molecule has 1 aliphatic rings. The maximum atomic E-state index is 5.36. The zero-order valence-corrected chi connectivity index (χ0v) is 5.72. The minimum absolute atomic E-state index is 0.0330. The first-order valence-corrected chi connectivity index (χ1v) is 3.16. The summed E-state index contributed by atoms with van der Waals surface area (Å²) < 4.78 is 10.2. The molecule has 0 unspecified atom stereocenters. The van der Waals surface area contributed by atoms with Gasteiger partial charge >= 0.3 is 0 Å². The van der Waals surface area contributed by atoms with E-state index in [4.69, 9.17) is 15.2 Å². The maximum Gasteiger partial charge on any atom is 0.115 e. The van der Waals surface area contributed by atoms with Gasteiger partial charge in [-0.1, -0.05) is 0 Å². The molecule has 0 radical (unpaired) electrons. The van der Waals surface area contributed by atoms with Crippen molar-refractivity contribution < 1.29 is 9.47 Å². The second-order valence-corrected chi connectivity index (χ2v) is 2.42. The van der Waals surface area contributed by atoms with E-state index in [1.165, 1.54) is 0 Å². The van der Waals surface area contributed by atoms with Gasteiger partial charge in [0.1, 0.15) is 5.60 Å². The third kappa shape index (κ3) is 1.23. The number of hydrogen-bond donors (Lipinski definition) is 1. The highest BCUT2D eigenvalue weighted by Gasteiger charge is 2.37. The first kappa shape index (κ1) is 6.99. The number of rotatable bonds is 3. The predicted molar refractivity (Wildman–Crippen MR) is 34.2 cm³/mol. The Hall–Kier alpha value is -0.120. The van der Waals surface area contributed by atoms with Crippen molar-refractivity contribution in [2.45, 2.75) is 12.0 Å². The average molecular weight is 131 g/mol. The number of nitrogens with two attached hydrogens (primary N) is 1. The van der Waals surface area contributed by atoms with Crippen molar-refractivity contribution in [2.24, 2.45) is 5.73 Å². The van der Waals surface area contributed by atoms with Crippen molar-refractivity contribution in [3.63, 3.8) is 0 Å². The first-order valence-electron chi connectivity index (χ1n) is 3.16. The van der Waals surface area contributed by atoms with Gasteiger partial charge in [0.05, 0.1) is 13.2 Å². The Labute approximate surface area is 55.1 Å². The van der Waals surface area contributed by atoms with E-state index in [2.05, 4.69) is 0 Å². The number of ether oxygens (including phenoxy) is 2. The van der Waals surface area contributed by atoms with Crippen LogP contribution in [0.15, 0.2) is 0 Å². The van der Waals surface area contributed by atoms with Gasteiger partial charge in [0, 0.05) is 7.11 Å². The molecule has 0 saturated carbocycles. The molecule has 1 rings (SSSR count). The molecule has 0 spiro atoms. The lowest BCUT2D eigenvalue weighted by atomic mass is 9.98. The van der Waals surface area contributed by atoms with Crippen LogP contribution in [-0.2, 0) is 9.47 Å². The molecule has 3 nitrogen and oxygen atoms in total. The van der Waals surface area contributed by atoms with E-state index >= 15 is 0 Å². The summed E-state index contributed by atoms with van der Waals surface area (Å²) in [5.41, 5.74) is 5.33. The van der Waals surface area contributed by atoms with E-state index in [0.717, 1.165) is 6.42 Å². The summed E-state index contributed by atoms with van der Waals surface area (Å²) in [6, 6.07) is 0. The number of hydrogen-bond acceptors (Lipinski definition) is 3. The van der Waals surface area contributed by atoms with Gasteiger partial charge in [-0.25, -0.2) is 0 Å². The zero-order chi connectivity index (χ0) is 6.74.